The summed E-state index contributed by atoms with van der Waals surface area (Å²) in [6.07, 6.45) is 0. The van der Waals surface area contributed by atoms with Gasteiger partial charge < -0.3 is 10.2 Å². The van der Waals surface area contributed by atoms with Gasteiger partial charge in [-0.3, -0.25) is 9.59 Å². The average Bonchev–Trinajstić information content (AvgIpc) is 2.68. The molecule has 1 aliphatic heterocycles. The van der Waals surface area contributed by atoms with E-state index in [0.717, 1.165) is 4.31 Å². The van der Waals surface area contributed by atoms with Gasteiger partial charge in [-0.2, -0.15) is 0 Å². The SMILES string of the molecule is Cc1ccc(C(=O)N2CCNC(=O)C2c2ccccc2Cl)cc1S(=O)(=O)N(C)C. The number of piperazine rings is 1. The van der Waals surface area contributed by atoms with Crippen LogP contribution in [0.15, 0.2) is 47.4 Å². The fourth-order valence-electron chi connectivity index (χ4n) is 3.27. The number of carbonyl (C=O) groups excluding carboxylic acids is 2. The molecule has 0 saturated carbocycles. The van der Waals surface area contributed by atoms with Crippen molar-refractivity contribution in [3.05, 3.63) is 64.2 Å². The van der Waals surface area contributed by atoms with E-state index in [0.29, 0.717) is 22.7 Å². The van der Waals surface area contributed by atoms with Gasteiger partial charge in [0.25, 0.3) is 5.91 Å². The number of nitrogens with one attached hydrogen (secondary N) is 1. The van der Waals surface area contributed by atoms with Crippen LogP contribution in [0.2, 0.25) is 5.02 Å². The molecule has 1 saturated heterocycles. The fraction of sp³-hybridized carbons (Fsp3) is 0.300. The molecule has 7 nitrogen and oxygen atoms in total. The van der Waals surface area contributed by atoms with Gasteiger partial charge >= 0.3 is 0 Å². The normalized spacial score (nSPS) is 17.3. The van der Waals surface area contributed by atoms with E-state index < -0.39 is 22.0 Å². The lowest BCUT2D eigenvalue weighted by atomic mass is 10.0. The summed E-state index contributed by atoms with van der Waals surface area (Å²) >= 11 is 6.28. The zero-order valence-electron chi connectivity index (χ0n) is 16.3. The highest BCUT2D eigenvalue weighted by molar-refractivity contribution is 7.89. The Kier molecular flexibility index (Phi) is 5.97. The zero-order valence-corrected chi connectivity index (χ0v) is 17.9. The first-order valence-corrected chi connectivity index (χ1v) is 10.8. The minimum Gasteiger partial charge on any atom is -0.352 e. The molecule has 0 bridgehead atoms. The van der Waals surface area contributed by atoms with Crippen LogP contribution in [0.5, 0.6) is 0 Å². The molecule has 9 heteroatoms. The molecule has 29 heavy (non-hydrogen) atoms. The summed E-state index contributed by atoms with van der Waals surface area (Å²) in [7, 11) is -0.843. The first-order chi connectivity index (χ1) is 13.6. The summed E-state index contributed by atoms with van der Waals surface area (Å²) in [5, 5.41) is 3.14. The summed E-state index contributed by atoms with van der Waals surface area (Å²) in [5.74, 6) is -0.758. The maximum Gasteiger partial charge on any atom is 0.254 e. The highest BCUT2D eigenvalue weighted by atomic mass is 35.5. The third kappa shape index (κ3) is 4.01. The van der Waals surface area contributed by atoms with Crippen molar-refractivity contribution < 1.29 is 18.0 Å². The lowest BCUT2D eigenvalue weighted by molar-refractivity contribution is -0.128. The highest BCUT2D eigenvalue weighted by Gasteiger charge is 2.36. The number of rotatable bonds is 4. The highest BCUT2D eigenvalue weighted by Crippen LogP contribution is 2.31. The number of hydrogen-bond donors (Lipinski definition) is 1. The summed E-state index contributed by atoms with van der Waals surface area (Å²) in [5.41, 5.74) is 1.25. The van der Waals surface area contributed by atoms with Crippen LogP contribution < -0.4 is 5.32 Å². The molecule has 1 atom stereocenters. The molecule has 154 valence electrons. The van der Waals surface area contributed by atoms with Gasteiger partial charge in [0.05, 0.1) is 4.90 Å². The van der Waals surface area contributed by atoms with Crippen molar-refractivity contribution in [2.75, 3.05) is 27.2 Å². The summed E-state index contributed by atoms with van der Waals surface area (Å²) < 4.78 is 26.3. The average molecular weight is 436 g/mol. The minimum atomic E-state index is -3.72. The molecule has 1 fully saturated rings. The lowest BCUT2D eigenvalue weighted by Gasteiger charge is -2.35. The topological polar surface area (TPSA) is 86.8 Å². The molecule has 2 aromatic rings. The van der Waals surface area contributed by atoms with Gasteiger partial charge in [0.15, 0.2) is 0 Å². The smallest absolute Gasteiger partial charge is 0.254 e. The minimum absolute atomic E-state index is 0.0594. The molecule has 0 aromatic heterocycles. The van der Waals surface area contributed by atoms with Crippen LogP contribution in [0.1, 0.15) is 27.5 Å². The molecule has 0 spiro atoms. The maximum absolute atomic E-state index is 13.3. The van der Waals surface area contributed by atoms with Crippen molar-refractivity contribution in [2.45, 2.75) is 17.9 Å². The quantitative estimate of drug-likeness (QED) is 0.797. The van der Waals surface area contributed by atoms with E-state index in [1.54, 1.807) is 43.3 Å². The maximum atomic E-state index is 13.3. The number of halogens is 1. The van der Waals surface area contributed by atoms with E-state index in [1.165, 1.54) is 25.1 Å². The number of sulfonamides is 1. The van der Waals surface area contributed by atoms with Crippen LogP contribution in [0.4, 0.5) is 0 Å². The summed E-state index contributed by atoms with van der Waals surface area (Å²) in [6, 6.07) is 10.5. The van der Waals surface area contributed by atoms with E-state index in [9.17, 15) is 18.0 Å². The van der Waals surface area contributed by atoms with Crippen molar-refractivity contribution in [1.29, 1.82) is 0 Å². The Labute approximate surface area is 175 Å². The Bertz CT molecular complexity index is 1070. The standard InChI is InChI=1S/C20H22ClN3O4S/c1-13-8-9-14(12-17(13)29(27,28)23(2)3)20(26)24-11-10-22-19(25)18(24)15-6-4-5-7-16(15)21/h4-9,12,18H,10-11H2,1-3H3,(H,22,25). The van der Waals surface area contributed by atoms with Gasteiger partial charge in [-0.1, -0.05) is 35.9 Å². The molecule has 1 heterocycles. The number of aryl methyl sites for hydroxylation is 1. The molecule has 1 N–H and O–H groups in total. The largest absolute Gasteiger partial charge is 0.352 e. The second-order valence-corrected chi connectivity index (χ2v) is 9.51. The molecule has 2 amide bonds. The first-order valence-electron chi connectivity index (χ1n) is 9.01. The third-order valence-electron chi connectivity index (χ3n) is 4.87. The van der Waals surface area contributed by atoms with E-state index >= 15 is 0 Å². The van der Waals surface area contributed by atoms with Crippen molar-refractivity contribution in [3.63, 3.8) is 0 Å². The summed E-state index contributed by atoms with van der Waals surface area (Å²) in [4.78, 5) is 27.4. The molecular weight excluding hydrogens is 414 g/mol. The Hall–Kier alpha value is -2.42. The van der Waals surface area contributed by atoms with Crippen molar-refractivity contribution in [2.24, 2.45) is 0 Å². The van der Waals surface area contributed by atoms with Crippen molar-refractivity contribution in [3.8, 4) is 0 Å². The van der Waals surface area contributed by atoms with Gasteiger partial charge in [-0.25, -0.2) is 12.7 Å². The monoisotopic (exact) mass is 435 g/mol. The van der Waals surface area contributed by atoms with Crippen LogP contribution in [0.3, 0.4) is 0 Å². The number of hydrogen-bond acceptors (Lipinski definition) is 4. The Morgan fingerprint density at radius 1 is 1.21 bits per heavy atom. The molecule has 3 rings (SSSR count). The van der Waals surface area contributed by atoms with Crippen molar-refractivity contribution >= 4 is 33.4 Å². The number of nitrogens with zero attached hydrogens (tertiary/aromatic N) is 2. The molecular formula is C20H22ClN3O4S. The van der Waals surface area contributed by atoms with Crippen LogP contribution >= 0.6 is 11.6 Å². The van der Waals surface area contributed by atoms with E-state index in [4.69, 9.17) is 11.6 Å². The molecule has 0 radical (unpaired) electrons. The van der Waals surface area contributed by atoms with Crippen LogP contribution in [-0.2, 0) is 14.8 Å². The van der Waals surface area contributed by atoms with Gasteiger partial charge in [0, 0.05) is 43.3 Å². The predicted molar refractivity (Wildman–Crippen MR) is 110 cm³/mol. The zero-order chi connectivity index (χ0) is 21.3. The van der Waals surface area contributed by atoms with Crippen LogP contribution in [0.25, 0.3) is 0 Å². The second kappa shape index (κ2) is 8.14. The van der Waals surface area contributed by atoms with Crippen LogP contribution in [0, 0.1) is 6.92 Å². The van der Waals surface area contributed by atoms with E-state index in [1.807, 2.05) is 0 Å². The van der Waals surface area contributed by atoms with Gasteiger partial charge in [0.1, 0.15) is 6.04 Å². The third-order valence-corrected chi connectivity index (χ3v) is 7.17. The Morgan fingerprint density at radius 2 is 1.90 bits per heavy atom. The van der Waals surface area contributed by atoms with Gasteiger partial charge in [-0.15, -0.1) is 0 Å². The summed E-state index contributed by atoms with van der Waals surface area (Å²) in [6.45, 7) is 2.26. The molecule has 0 aliphatic carbocycles. The number of carbonyl (C=O) groups is 2. The van der Waals surface area contributed by atoms with Crippen molar-refractivity contribution in [1.82, 2.24) is 14.5 Å². The van der Waals surface area contributed by atoms with Crippen LogP contribution in [-0.4, -0.2) is 56.6 Å². The number of amides is 2. The first kappa shape index (κ1) is 21.3. The molecule has 2 aromatic carbocycles. The Balaban J connectivity index is 2.05. The Morgan fingerprint density at radius 3 is 2.55 bits per heavy atom. The van der Waals surface area contributed by atoms with Gasteiger partial charge in [0.2, 0.25) is 15.9 Å². The molecule has 1 aliphatic rings. The number of benzene rings is 2. The second-order valence-electron chi connectivity index (χ2n) is 6.98. The van der Waals surface area contributed by atoms with E-state index in [2.05, 4.69) is 5.32 Å². The molecule has 1 unspecified atom stereocenters. The van der Waals surface area contributed by atoms with Gasteiger partial charge in [-0.05, 0) is 30.7 Å². The predicted octanol–water partition coefficient (Wildman–Crippen LogP) is 2.21. The van der Waals surface area contributed by atoms with E-state index in [-0.39, 0.29) is 22.9 Å². The lowest BCUT2D eigenvalue weighted by Crippen LogP contribution is -2.52. The fourth-order valence-corrected chi connectivity index (χ4v) is 4.65.